The third-order valence-corrected chi connectivity index (χ3v) is 3.75. The topological polar surface area (TPSA) is 59.8 Å². The van der Waals surface area contributed by atoms with Crippen LogP contribution in [-0.2, 0) is 0 Å². The number of anilines is 2. The summed E-state index contributed by atoms with van der Waals surface area (Å²) in [6.45, 7) is 0. The van der Waals surface area contributed by atoms with E-state index >= 15 is 0 Å². The van der Waals surface area contributed by atoms with Crippen LogP contribution in [0.15, 0.2) is 77.7 Å². The van der Waals surface area contributed by atoms with E-state index in [4.69, 9.17) is 0 Å². The Bertz CT molecular complexity index is 1090. The van der Waals surface area contributed by atoms with Gasteiger partial charge in [0.1, 0.15) is 5.82 Å². The number of halogens is 1. The van der Waals surface area contributed by atoms with Gasteiger partial charge in [-0.25, -0.2) is 9.37 Å². The van der Waals surface area contributed by atoms with E-state index in [9.17, 15) is 9.18 Å². The molecule has 0 saturated heterocycles. The number of para-hydroxylation sites is 1. The van der Waals surface area contributed by atoms with Crippen LogP contribution in [0, 0.1) is 5.82 Å². The van der Waals surface area contributed by atoms with E-state index in [0.717, 1.165) is 11.1 Å². The molecule has 0 spiro atoms. The zero-order valence-corrected chi connectivity index (χ0v) is 13.1. The summed E-state index contributed by atoms with van der Waals surface area (Å²) in [5.74, 6) is 0.0114. The van der Waals surface area contributed by atoms with Gasteiger partial charge in [-0.15, -0.1) is 0 Å². The minimum atomic E-state index is -0.317. The van der Waals surface area contributed by atoms with Crippen molar-refractivity contribution in [2.45, 2.75) is 0 Å². The molecule has 0 atom stereocenters. The summed E-state index contributed by atoms with van der Waals surface area (Å²) in [6.07, 6.45) is 1.65. The van der Waals surface area contributed by atoms with Crippen molar-refractivity contribution in [3.63, 3.8) is 0 Å². The van der Waals surface area contributed by atoms with Gasteiger partial charge in [0.05, 0.1) is 5.69 Å². The fourth-order valence-electron chi connectivity index (χ4n) is 2.57. The maximum atomic E-state index is 13.0. The number of nitrogens with one attached hydrogen (secondary N) is 1. The summed E-state index contributed by atoms with van der Waals surface area (Å²) in [7, 11) is 0. The van der Waals surface area contributed by atoms with E-state index in [1.165, 1.54) is 22.8 Å². The van der Waals surface area contributed by atoms with Gasteiger partial charge in [0, 0.05) is 23.3 Å². The Labute approximate surface area is 142 Å². The average Bonchev–Trinajstić information content (AvgIpc) is 2.64. The van der Waals surface area contributed by atoms with Crippen molar-refractivity contribution in [1.29, 1.82) is 0 Å². The number of hydrogen-bond acceptors (Lipinski definition) is 4. The maximum Gasteiger partial charge on any atom is 0.256 e. The van der Waals surface area contributed by atoms with Gasteiger partial charge in [0.15, 0.2) is 5.65 Å². The summed E-state index contributed by atoms with van der Waals surface area (Å²) in [5, 5.41) is 3.76. The van der Waals surface area contributed by atoms with E-state index in [2.05, 4.69) is 15.3 Å². The van der Waals surface area contributed by atoms with Gasteiger partial charge in [-0.2, -0.15) is 4.98 Å². The third kappa shape index (κ3) is 2.97. The van der Waals surface area contributed by atoms with Crippen molar-refractivity contribution in [3.8, 4) is 5.69 Å². The van der Waals surface area contributed by atoms with Gasteiger partial charge in [-0.3, -0.25) is 9.36 Å². The van der Waals surface area contributed by atoms with Crippen molar-refractivity contribution < 1.29 is 4.39 Å². The first-order chi connectivity index (χ1) is 12.2. The molecule has 0 fully saturated rings. The summed E-state index contributed by atoms with van der Waals surface area (Å²) < 4.78 is 14.6. The van der Waals surface area contributed by atoms with Crippen LogP contribution in [0.25, 0.3) is 16.7 Å². The Morgan fingerprint density at radius 2 is 1.68 bits per heavy atom. The lowest BCUT2D eigenvalue weighted by molar-refractivity contribution is 0.628. The Morgan fingerprint density at radius 1 is 0.920 bits per heavy atom. The van der Waals surface area contributed by atoms with Crippen LogP contribution in [-0.4, -0.2) is 14.5 Å². The van der Waals surface area contributed by atoms with Crippen LogP contribution in [0.1, 0.15) is 0 Å². The molecule has 0 unspecified atom stereocenters. The Kier molecular flexibility index (Phi) is 3.70. The van der Waals surface area contributed by atoms with Crippen LogP contribution in [0.4, 0.5) is 16.0 Å². The Balaban J connectivity index is 1.84. The van der Waals surface area contributed by atoms with Gasteiger partial charge < -0.3 is 5.32 Å². The second kappa shape index (κ2) is 6.16. The van der Waals surface area contributed by atoms with Crippen molar-refractivity contribution in [2.24, 2.45) is 0 Å². The molecule has 1 N–H and O–H groups in total. The van der Waals surface area contributed by atoms with Crippen molar-refractivity contribution in [3.05, 3.63) is 89.1 Å². The first kappa shape index (κ1) is 15.0. The number of fused-ring (bicyclic) bond motifs is 1. The molecule has 6 heteroatoms. The van der Waals surface area contributed by atoms with E-state index in [1.807, 2.05) is 30.3 Å². The molecule has 25 heavy (non-hydrogen) atoms. The molecule has 4 rings (SSSR count). The van der Waals surface area contributed by atoms with Gasteiger partial charge in [-0.1, -0.05) is 18.2 Å². The lowest BCUT2D eigenvalue weighted by Gasteiger charge is -2.11. The number of rotatable bonds is 3. The van der Waals surface area contributed by atoms with Crippen molar-refractivity contribution in [2.75, 3.05) is 5.32 Å². The van der Waals surface area contributed by atoms with E-state index in [1.54, 1.807) is 24.4 Å². The number of nitrogens with zero attached hydrogens (tertiary/aromatic N) is 3. The summed E-state index contributed by atoms with van der Waals surface area (Å²) in [5.41, 5.74) is 1.71. The largest absolute Gasteiger partial charge is 0.324 e. The highest BCUT2D eigenvalue weighted by Crippen LogP contribution is 2.18. The van der Waals surface area contributed by atoms with E-state index in [-0.39, 0.29) is 11.4 Å². The van der Waals surface area contributed by atoms with Gasteiger partial charge >= 0.3 is 0 Å². The second-order valence-electron chi connectivity index (χ2n) is 5.45. The predicted molar refractivity (Wildman–Crippen MR) is 94.8 cm³/mol. The predicted octanol–water partition coefficient (Wildman–Crippen LogP) is 3.66. The fourth-order valence-corrected chi connectivity index (χ4v) is 2.57. The average molecular weight is 332 g/mol. The number of pyridine rings is 1. The SMILES string of the molecule is O=c1ccc2cnc(Nc3ccc(F)cc3)nc2n1-c1ccccc1. The Morgan fingerprint density at radius 3 is 2.44 bits per heavy atom. The third-order valence-electron chi connectivity index (χ3n) is 3.75. The maximum absolute atomic E-state index is 13.0. The molecule has 5 nitrogen and oxygen atoms in total. The second-order valence-corrected chi connectivity index (χ2v) is 5.45. The molecule has 0 aliphatic heterocycles. The highest BCUT2D eigenvalue weighted by Gasteiger charge is 2.09. The molecule has 2 heterocycles. The highest BCUT2D eigenvalue weighted by molar-refractivity contribution is 5.77. The normalized spacial score (nSPS) is 10.8. The fraction of sp³-hybridized carbons (Fsp3) is 0. The van der Waals surface area contributed by atoms with Gasteiger partial charge in [0.2, 0.25) is 5.95 Å². The molecule has 122 valence electrons. The molecule has 0 aliphatic carbocycles. The quantitative estimate of drug-likeness (QED) is 0.622. The molecule has 0 radical (unpaired) electrons. The van der Waals surface area contributed by atoms with Crippen LogP contribution in [0.2, 0.25) is 0 Å². The lowest BCUT2D eigenvalue weighted by atomic mass is 10.2. The molecular formula is C19H13FN4O. The minimum Gasteiger partial charge on any atom is -0.324 e. The van der Waals surface area contributed by atoms with Crippen molar-refractivity contribution >= 4 is 22.7 Å². The zero-order chi connectivity index (χ0) is 17.2. The van der Waals surface area contributed by atoms with Crippen LogP contribution >= 0.6 is 0 Å². The molecule has 0 saturated carbocycles. The lowest BCUT2D eigenvalue weighted by Crippen LogP contribution is -2.18. The summed E-state index contributed by atoms with van der Waals surface area (Å²) >= 11 is 0. The Hall–Kier alpha value is -3.54. The molecular weight excluding hydrogens is 319 g/mol. The van der Waals surface area contributed by atoms with Crippen LogP contribution < -0.4 is 10.9 Å². The summed E-state index contributed by atoms with van der Waals surface area (Å²) in [6, 6.07) is 18.4. The first-order valence-electron chi connectivity index (χ1n) is 7.67. The highest BCUT2D eigenvalue weighted by atomic mass is 19.1. The molecule has 0 amide bonds. The standard InChI is InChI=1S/C19H13FN4O/c20-14-7-9-15(10-8-14)22-19-21-12-13-6-11-17(25)24(18(13)23-19)16-4-2-1-3-5-16/h1-12H,(H,21,22,23). The molecule has 2 aromatic carbocycles. The van der Waals surface area contributed by atoms with Crippen LogP contribution in [0.3, 0.4) is 0 Å². The first-order valence-corrected chi connectivity index (χ1v) is 7.67. The van der Waals surface area contributed by atoms with Crippen LogP contribution in [0.5, 0.6) is 0 Å². The molecule has 0 bridgehead atoms. The number of benzene rings is 2. The number of aromatic nitrogens is 3. The molecule has 4 aromatic rings. The summed E-state index contributed by atoms with van der Waals surface area (Å²) in [4.78, 5) is 21.1. The van der Waals surface area contributed by atoms with E-state index in [0.29, 0.717) is 17.3 Å². The minimum absolute atomic E-state index is 0.176. The molecule has 2 aromatic heterocycles. The molecule has 0 aliphatic rings. The van der Waals surface area contributed by atoms with Gasteiger partial charge in [0.25, 0.3) is 5.56 Å². The number of hydrogen-bond donors (Lipinski definition) is 1. The zero-order valence-electron chi connectivity index (χ0n) is 13.1. The van der Waals surface area contributed by atoms with E-state index < -0.39 is 0 Å². The monoisotopic (exact) mass is 332 g/mol. The van der Waals surface area contributed by atoms with Crippen molar-refractivity contribution in [1.82, 2.24) is 14.5 Å². The smallest absolute Gasteiger partial charge is 0.256 e. The van der Waals surface area contributed by atoms with Gasteiger partial charge in [-0.05, 0) is 42.5 Å².